The summed E-state index contributed by atoms with van der Waals surface area (Å²) < 4.78 is 55.3. The van der Waals surface area contributed by atoms with E-state index in [1.165, 1.54) is 0 Å². The van der Waals surface area contributed by atoms with E-state index in [9.17, 15) is 22.0 Å². The van der Waals surface area contributed by atoms with Gasteiger partial charge in [-0.2, -0.15) is 17.8 Å². The number of hydrogen-bond donors (Lipinski definition) is 1. The first-order valence-electron chi connectivity index (χ1n) is 10.5. The van der Waals surface area contributed by atoms with Gasteiger partial charge in [-0.3, -0.25) is 0 Å². The second-order valence-electron chi connectivity index (χ2n) is 8.17. The third-order valence-electron chi connectivity index (χ3n) is 5.80. The van der Waals surface area contributed by atoms with E-state index in [2.05, 4.69) is 5.10 Å². The fourth-order valence-electron chi connectivity index (χ4n) is 4.18. The van der Waals surface area contributed by atoms with Crippen LogP contribution in [0.2, 0.25) is 5.02 Å². The van der Waals surface area contributed by atoms with Gasteiger partial charge in [-0.25, -0.2) is 23.3 Å². The second-order valence-corrected chi connectivity index (χ2v) is 10.3. The lowest BCUT2D eigenvalue weighted by molar-refractivity contribution is -0.0436. The molecule has 176 valence electrons. The second kappa shape index (κ2) is 9.00. The largest absolute Gasteiger partial charge is 0.352 e. The van der Waals surface area contributed by atoms with Crippen LogP contribution in [-0.2, 0) is 10.2 Å². The topological polar surface area (TPSA) is 82.1 Å². The first kappa shape index (κ1) is 23.6. The molecule has 11 heteroatoms. The molecule has 4 rings (SSSR count). The Morgan fingerprint density at radius 3 is 2.45 bits per heavy atom. The Morgan fingerprint density at radius 2 is 1.82 bits per heavy atom. The van der Waals surface area contributed by atoms with Crippen molar-refractivity contribution in [3.63, 3.8) is 0 Å². The molecule has 2 aromatic carbocycles. The average molecular weight is 497 g/mol. The molecule has 33 heavy (non-hydrogen) atoms. The molecule has 2 unspecified atom stereocenters. The van der Waals surface area contributed by atoms with Crippen LogP contribution in [0.25, 0.3) is 0 Å². The number of carbonyl (C=O) groups excluding carboxylic acids is 1. The first-order chi connectivity index (χ1) is 15.6. The smallest absolute Gasteiger partial charge is 0.245 e. The number of alkyl halides is 2. The maximum atomic E-state index is 13.7. The van der Waals surface area contributed by atoms with Gasteiger partial charge in [-0.1, -0.05) is 54.1 Å². The van der Waals surface area contributed by atoms with Crippen LogP contribution in [0.15, 0.2) is 59.7 Å². The van der Waals surface area contributed by atoms with Crippen molar-refractivity contribution in [2.75, 3.05) is 13.1 Å². The summed E-state index contributed by atoms with van der Waals surface area (Å²) >= 11 is 6.01. The van der Waals surface area contributed by atoms with E-state index in [0.717, 1.165) is 16.1 Å². The van der Waals surface area contributed by atoms with Gasteiger partial charge in [-0.15, -0.1) is 0 Å². The number of hydrogen-bond acceptors (Lipinski definition) is 4. The normalized spacial score (nSPS) is 23.3. The van der Waals surface area contributed by atoms with Crippen molar-refractivity contribution in [3.05, 3.63) is 70.7 Å². The van der Waals surface area contributed by atoms with Gasteiger partial charge in [0, 0.05) is 18.0 Å². The predicted molar refractivity (Wildman–Crippen MR) is 122 cm³/mol. The highest BCUT2D eigenvalue weighted by Crippen LogP contribution is 2.35. The number of piperidine rings is 1. The van der Waals surface area contributed by atoms with E-state index in [1.54, 1.807) is 31.2 Å². The number of nitrogens with zero attached hydrogens (tertiary/aromatic N) is 3. The lowest BCUT2D eigenvalue weighted by Crippen LogP contribution is -2.53. The quantitative estimate of drug-likeness (QED) is 0.688. The molecule has 1 saturated heterocycles. The standard InChI is InChI=1S/C22H23ClF2N4O3S/c1-15-19(16-6-3-2-4-7-16)20(17-8-10-18(23)11-9-17)26-29(15)21(30)27-33(31,32)28-13-5-12-22(24,25)14-28/h2-4,6-11,15,19H,5,12-14H2,1H3,(H,27,30). The summed E-state index contributed by atoms with van der Waals surface area (Å²) in [6, 6.07) is 14.8. The van der Waals surface area contributed by atoms with Gasteiger partial charge in [0.1, 0.15) is 0 Å². The van der Waals surface area contributed by atoms with Crippen LogP contribution in [0, 0.1) is 0 Å². The van der Waals surface area contributed by atoms with Gasteiger partial charge >= 0.3 is 16.2 Å². The molecule has 1 N–H and O–H groups in total. The molecule has 0 radical (unpaired) electrons. The molecular formula is C22H23ClF2N4O3S. The van der Waals surface area contributed by atoms with Crippen molar-refractivity contribution < 1.29 is 22.0 Å². The van der Waals surface area contributed by atoms with Gasteiger partial charge in [0.05, 0.1) is 24.2 Å². The third-order valence-corrected chi connectivity index (χ3v) is 7.47. The minimum Gasteiger partial charge on any atom is -0.245 e. The Bertz CT molecular complexity index is 1160. The van der Waals surface area contributed by atoms with E-state index >= 15 is 0 Å². The predicted octanol–water partition coefficient (Wildman–Crippen LogP) is 4.22. The van der Waals surface area contributed by atoms with Crippen LogP contribution in [0.5, 0.6) is 0 Å². The number of rotatable bonds is 4. The van der Waals surface area contributed by atoms with Crippen molar-refractivity contribution >= 4 is 33.6 Å². The highest BCUT2D eigenvalue weighted by atomic mass is 35.5. The summed E-state index contributed by atoms with van der Waals surface area (Å²) in [5.74, 6) is -3.46. The highest BCUT2D eigenvalue weighted by Gasteiger charge is 2.43. The van der Waals surface area contributed by atoms with Gasteiger partial charge in [0.2, 0.25) is 0 Å². The molecule has 0 spiro atoms. The number of carbonyl (C=O) groups is 1. The van der Waals surface area contributed by atoms with E-state index in [-0.39, 0.29) is 25.3 Å². The molecule has 0 saturated carbocycles. The fourth-order valence-corrected chi connectivity index (χ4v) is 5.48. The molecule has 0 aromatic heterocycles. The zero-order chi connectivity index (χ0) is 23.8. The molecule has 2 aliphatic rings. The lowest BCUT2D eigenvalue weighted by atomic mass is 9.86. The van der Waals surface area contributed by atoms with Crippen LogP contribution in [0.3, 0.4) is 0 Å². The first-order valence-corrected chi connectivity index (χ1v) is 12.3. The summed E-state index contributed by atoms with van der Waals surface area (Å²) in [5, 5.41) is 6.05. The van der Waals surface area contributed by atoms with E-state index in [0.29, 0.717) is 15.0 Å². The Hall–Kier alpha value is -2.56. The monoisotopic (exact) mass is 496 g/mol. The number of urea groups is 1. The Balaban J connectivity index is 1.62. The average Bonchev–Trinajstić information content (AvgIpc) is 3.11. The minimum atomic E-state index is -4.46. The van der Waals surface area contributed by atoms with E-state index < -0.39 is 34.7 Å². The molecule has 2 heterocycles. The molecule has 0 bridgehead atoms. The van der Waals surface area contributed by atoms with Crippen molar-refractivity contribution in [1.29, 1.82) is 0 Å². The molecule has 2 aromatic rings. The molecule has 2 atom stereocenters. The maximum Gasteiger partial charge on any atom is 0.352 e. The molecule has 0 aliphatic carbocycles. The van der Waals surface area contributed by atoms with Crippen LogP contribution in [0.4, 0.5) is 13.6 Å². The summed E-state index contributed by atoms with van der Waals surface area (Å²) in [5.41, 5.74) is 2.20. The number of amides is 2. The van der Waals surface area contributed by atoms with E-state index in [1.807, 2.05) is 35.1 Å². The Kier molecular flexibility index (Phi) is 6.43. The van der Waals surface area contributed by atoms with Crippen LogP contribution >= 0.6 is 11.6 Å². The molecular weight excluding hydrogens is 474 g/mol. The highest BCUT2D eigenvalue weighted by molar-refractivity contribution is 7.87. The van der Waals surface area contributed by atoms with Gasteiger partial charge in [-0.05, 0) is 36.6 Å². The summed E-state index contributed by atoms with van der Waals surface area (Å²) in [6.07, 6.45) is -0.374. The SMILES string of the molecule is CC1C(c2ccccc2)C(c2ccc(Cl)cc2)=NN1C(=O)NS(=O)(=O)N1CCCC(F)(F)C1. The van der Waals surface area contributed by atoms with Crippen LogP contribution in [0.1, 0.15) is 36.8 Å². The van der Waals surface area contributed by atoms with Gasteiger partial charge < -0.3 is 0 Å². The molecule has 2 amide bonds. The fraction of sp³-hybridized carbons (Fsp3) is 0.364. The number of hydrazone groups is 1. The summed E-state index contributed by atoms with van der Waals surface area (Å²) in [4.78, 5) is 13.0. The zero-order valence-electron chi connectivity index (χ0n) is 17.8. The minimum absolute atomic E-state index is 0.0111. The third kappa shape index (κ3) is 5.02. The Labute approximate surface area is 196 Å². The van der Waals surface area contributed by atoms with Crippen molar-refractivity contribution in [1.82, 2.24) is 14.0 Å². The lowest BCUT2D eigenvalue weighted by Gasteiger charge is -2.32. The van der Waals surface area contributed by atoms with E-state index in [4.69, 9.17) is 11.6 Å². The van der Waals surface area contributed by atoms with Crippen molar-refractivity contribution in [2.24, 2.45) is 5.10 Å². The summed E-state index contributed by atoms with van der Waals surface area (Å²) in [6.45, 7) is 0.710. The van der Waals surface area contributed by atoms with Crippen LogP contribution in [-0.4, -0.2) is 54.5 Å². The van der Waals surface area contributed by atoms with Gasteiger partial charge in [0.15, 0.2) is 0 Å². The Morgan fingerprint density at radius 1 is 1.15 bits per heavy atom. The maximum absolute atomic E-state index is 13.7. The van der Waals surface area contributed by atoms with Crippen molar-refractivity contribution in [2.45, 2.75) is 37.6 Å². The summed E-state index contributed by atoms with van der Waals surface area (Å²) in [7, 11) is -4.46. The number of benzene rings is 2. The number of nitrogens with one attached hydrogen (secondary N) is 1. The number of halogens is 3. The molecule has 2 aliphatic heterocycles. The van der Waals surface area contributed by atoms with Gasteiger partial charge in [0.25, 0.3) is 5.92 Å². The molecule has 1 fully saturated rings. The molecule has 7 nitrogen and oxygen atoms in total. The zero-order valence-corrected chi connectivity index (χ0v) is 19.4. The van der Waals surface area contributed by atoms with Crippen molar-refractivity contribution in [3.8, 4) is 0 Å². The van der Waals surface area contributed by atoms with Crippen LogP contribution < -0.4 is 4.72 Å².